The first kappa shape index (κ1) is 8.54. The molecule has 0 fully saturated rings. The first-order valence-corrected chi connectivity index (χ1v) is 3.74. The molecule has 1 aromatic heterocycles. The summed E-state index contributed by atoms with van der Waals surface area (Å²) in [5.74, 6) is 1.76. The second kappa shape index (κ2) is 3.22. The van der Waals surface area contributed by atoms with E-state index in [4.69, 9.17) is 6.42 Å². The van der Waals surface area contributed by atoms with E-state index in [1.54, 1.807) is 10.7 Å². The average molecular weight is 162 g/mol. The molecule has 1 aromatic rings. The fourth-order valence-corrected chi connectivity index (χ4v) is 1.04. The van der Waals surface area contributed by atoms with E-state index in [9.17, 15) is 4.79 Å². The fraction of sp³-hybridized carbons (Fsp3) is 0.333. The molecule has 0 radical (unpaired) electrons. The van der Waals surface area contributed by atoms with Crippen molar-refractivity contribution >= 4 is 5.78 Å². The van der Waals surface area contributed by atoms with Gasteiger partial charge in [-0.1, -0.05) is 0 Å². The zero-order chi connectivity index (χ0) is 9.14. The Bertz CT molecular complexity index is 344. The van der Waals surface area contributed by atoms with Gasteiger partial charge in [-0.15, -0.1) is 6.42 Å². The van der Waals surface area contributed by atoms with Gasteiger partial charge in [0.05, 0.1) is 5.69 Å². The van der Waals surface area contributed by atoms with E-state index in [-0.39, 0.29) is 5.78 Å². The number of terminal acetylenes is 1. The summed E-state index contributed by atoms with van der Waals surface area (Å²) < 4.78 is 1.61. The molecule has 0 bridgehead atoms. The molecule has 3 nitrogen and oxygen atoms in total. The lowest BCUT2D eigenvalue weighted by molar-refractivity contribution is 0.104. The predicted octanol–water partition coefficient (Wildman–Crippen LogP) is 1.03. The second-order valence-electron chi connectivity index (χ2n) is 2.46. The number of carbonyl (C=O) groups excluding carboxylic acids is 1. The van der Waals surface area contributed by atoms with Gasteiger partial charge in [0.15, 0.2) is 0 Å². The van der Waals surface area contributed by atoms with Gasteiger partial charge in [-0.05, 0) is 25.8 Å². The van der Waals surface area contributed by atoms with Crippen molar-refractivity contribution in [3.63, 3.8) is 0 Å². The minimum Gasteiger partial charge on any atom is -0.277 e. The van der Waals surface area contributed by atoms with Crippen LogP contribution in [0.2, 0.25) is 0 Å². The molecule has 3 heteroatoms. The molecule has 0 N–H and O–H groups in total. The maximum atomic E-state index is 11.1. The highest BCUT2D eigenvalue weighted by atomic mass is 16.1. The summed E-state index contributed by atoms with van der Waals surface area (Å²) in [6, 6.07) is 1.70. The van der Waals surface area contributed by atoms with Crippen molar-refractivity contribution in [1.29, 1.82) is 0 Å². The highest BCUT2D eigenvalue weighted by molar-refractivity contribution is 6.07. The van der Waals surface area contributed by atoms with Gasteiger partial charge in [-0.3, -0.25) is 9.48 Å². The van der Waals surface area contributed by atoms with Crippen molar-refractivity contribution in [2.24, 2.45) is 0 Å². The highest BCUT2D eigenvalue weighted by Crippen LogP contribution is 2.03. The van der Waals surface area contributed by atoms with Crippen molar-refractivity contribution in [2.75, 3.05) is 0 Å². The molecule has 0 spiro atoms. The number of aromatic nitrogens is 2. The summed E-state index contributed by atoms with van der Waals surface area (Å²) in [4.78, 5) is 11.1. The number of Topliss-reactive ketones (excluding diaryl/α,β-unsaturated/α-hetero) is 1. The van der Waals surface area contributed by atoms with Crippen LogP contribution in [-0.4, -0.2) is 15.6 Å². The number of aryl methyl sites for hydroxylation is 2. The largest absolute Gasteiger partial charge is 0.277 e. The Morgan fingerprint density at radius 3 is 3.00 bits per heavy atom. The number of ketones is 1. The number of nitrogens with zero attached hydrogens (tertiary/aromatic N) is 2. The van der Waals surface area contributed by atoms with E-state index in [1.807, 2.05) is 13.8 Å². The molecule has 0 aliphatic carbocycles. The number of hydrogen-bond acceptors (Lipinski definition) is 2. The molecule has 0 amide bonds. The lowest BCUT2D eigenvalue weighted by Crippen LogP contribution is -2.07. The van der Waals surface area contributed by atoms with Crippen LogP contribution in [0.25, 0.3) is 0 Å². The van der Waals surface area contributed by atoms with E-state index in [0.29, 0.717) is 12.2 Å². The molecule has 0 aliphatic rings. The maximum absolute atomic E-state index is 11.1. The Kier molecular flexibility index (Phi) is 2.29. The monoisotopic (exact) mass is 162 g/mol. The minimum absolute atomic E-state index is 0.308. The Balaban J connectivity index is 3.15. The van der Waals surface area contributed by atoms with E-state index >= 15 is 0 Å². The fourth-order valence-electron chi connectivity index (χ4n) is 1.04. The normalized spacial score (nSPS) is 9.42. The average Bonchev–Trinajstić information content (AvgIpc) is 2.45. The topological polar surface area (TPSA) is 34.9 Å². The molecule has 12 heavy (non-hydrogen) atoms. The summed E-state index contributed by atoms with van der Waals surface area (Å²) in [6.07, 6.45) is 5.00. The molecule has 0 atom stereocenters. The van der Waals surface area contributed by atoms with Gasteiger partial charge < -0.3 is 0 Å². The molecule has 0 aromatic carbocycles. The van der Waals surface area contributed by atoms with Crippen LogP contribution < -0.4 is 0 Å². The van der Waals surface area contributed by atoms with Gasteiger partial charge in [-0.2, -0.15) is 5.10 Å². The van der Waals surface area contributed by atoms with Gasteiger partial charge in [-0.25, -0.2) is 0 Å². The number of carbonyl (C=O) groups is 1. The van der Waals surface area contributed by atoms with Crippen LogP contribution in [0, 0.1) is 19.3 Å². The molecular weight excluding hydrogens is 152 g/mol. The first-order valence-electron chi connectivity index (χ1n) is 3.74. The van der Waals surface area contributed by atoms with Gasteiger partial charge in [0.25, 0.3) is 5.78 Å². The Morgan fingerprint density at radius 2 is 2.50 bits per heavy atom. The SMILES string of the molecule is C#CC(=O)c1cc(C)nn1CC. The number of rotatable bonds is 2. The summed E-state index contributed by atoms with van der Waals surface area (Å²) in [7, 11) is 0. The third kappa shape index (κ3) is 1.37. The highest BCUT2D eigenvalue weighted by Gasteiger charge is 2.09. The van der Waals surface area contributed by atoms with Crippen molar-refractivity contribution < 1.29 is 4.79 Å². The lowest BCUT2D eigenvalue weighted by atomic mass is 10.3. The molecule has 0 saturated carbocycles. The summed E-state index contributed by atoms with van der Waals surface area (Å²) in [5.41, 5.74) is 1.31. The van der Waals surface area contributed by atoms with Crippen LogP contribution in [0.1, 0.15) is 23.1 Å². The summed E-state index contributed by atoms with van der Waals surface area (Å²) >= 11 is 0. The van der Waals surface area contributed by atoms with Crippen LogP contribution in [0.5, 0.6) is 0 Å². The van der Waals surface area contributed by atoms with Crippen LogP contribution >= 0.6 is 0 Å². The van der Waals surface area contributed by atoms with Gasteiger partial charge in [0, 0.05) is 6.54 Å². The zero-order valence-electron chi connectivity index (χ0n) is 7.16. The van der Waals surface area contributed by atoms with Crippen molar-refractivity contribution in [3.05, 3.63) is 17.5 Å². The Hall–Kier alpha value is -1.56. The quantitative estimate of drug-likeness (QED) is 0.370. The van der Waals surface area contributed by atoms with Crippen LogP contribution in [0.4, 0.5) is 0 Å². The zero-order valence-corrected chi connectivity index (χ0v) is 7.16. The molecule has 0 unspecified atom stereocenters. The van der Waals surface area contributed by atoms with Gasteiger partial charge in [0.2, 0.25) is 0 Å². The van der Waals surface area contributed by atoms with E-state index in [1.165, 1.54) is 0 Å². The third-order valence-electron chi connectivity index (χ3n) is 1.57. The summed E-state index contributed by atoms with van der Waals surface area (Å²) in [6.45, 7) is 4.41. The van der Waals surface area contributed by atoms with E-state index in [0.717, 1.165) is 5.69 Å². The molecule has 0 saturated heterocycles. The van der Waals surface area contributed by atoms with Crippen molar-refractivity contribution in [1.82, 2.24) is 9.78 Å². The smallest absolute Gasteiger partial charge is 0.253 e. The van der Waals surface area contributed by atoms with Crippen molar-refractivity contribution in [2.45, 2.75) is 20.4 Å². The minimum atomic E-state index is -0.308. The van der Waals surface area contributed by atoms with E-state index < -0.39 is 0 Å². The Morgan fingerprint density at radius 1 is 1.83 bits per heavy atom. The number of hydrogen-bond donors (Lipinski definition) is 0. The standard InChI is InChI=1S/C9H10N2O/c1-4-9(12)8-6-7(3)10-11(8)5-2/h1,6H,5H2,2-3H3. The maximum Gasteiger partial charge on any atom is 0.253 e. The molecule has 1 rings (SSSR count). The lowest BCUT2D eigenvalue weighted by Gasteiger charge is -1.97. The second-order valence-corrected chi connectivity index (χ2v) is 2.46. The third-order valence-corrected chi connectivity index (χ3v) is 1.57. The van der Waals surface area contributed by atoms with Crippen LogP contribution in [0.15, 0.2) is 6.07 Å². The van der Waals surface area contributed by atoms with Gasteiger partial charge in [0.1, 0.15) is 5.69 Å². The first-order chi connectivity index (χ1) is 5.69. The molecule has 1 heterocycles. The van der Waals surface area contributed by atoms with Crippen LogP contribution in [0.3, 0.4) is 0 Å². The Labute approximate surface area is 71.4 Å². The van der Waals surface area contributed by atoms with Crippen LogP contribution in [-0.2, 0) is 6.54 Å². The molecule has 62 valence electrons. The van der Waals surface area contributed by atoms with Crippen molar-refractivity contribution in [3.8, 4) is 12.3 Å². The molecular formula is C9H10N2O. The predicted molar refractivity (Wildman–Crippen MR) is 45.8 cm³/mol. The van der Waals surface area contributed by atoms with E-state index in [2.05, 4.69) is 11.0 Å². The van der Waals surface area contributed by atoms with Gasteiger partial charge >= 0.3 is 0 Å². The molecule has 0 aliphatic heterocycles. The summed E-state index contributed by atoms with van der Waals surface area (Å²) in [5, 5.41) is 4.10.